The molecule has 24 heavy (non-hydrogen) atoms. The van der Waals surface area contributed by atoms with Gasteiger partial charge in [-0.1, -0.05) is 30.3 Å². The van der Waals surface area contributed by atoms with Crippen LogP contribution in [-0.2, 0) is 21.7 Å². The van der Waals surface area contributed by atoms with Gasteiger partial charge in [-0.2, -0.15) is 13.2 Å². The molecule has 0 aliphatic heterocycles. The summed E-state index contributed by atoms with van der Waals surface area (Å²) >= 11 is 0. The Hall–Kier alpha value is -2.48. The Balaban J connectivity index is 2.42. The predicted molar refractivity (Wildman–Crippen MR) is 79.7 cm³/mol. The quantitative estimate of drug-likeness (QED) is 0.840. The van der Waals surface area contributed by atoms with Gasteiger partial charge in [-0.05, 0) is 0 Å². The number of benzene rings is 1. The van der Waals surface area contributed by atoms with Crippen molar-refractivity contribution in [1.29, 1.82) is 0 Å². The minimum Gasteiger partial charge on any atom is -0.356 e. The molecule has 0 spiro atoms. The number of methoxy groups -OCH3 is 1. The first kappa shape index (κ1) is 17.9. The topological polar surface area (TPSA) is 55.3 Å². The highest BCUT2D eigenvalue weighted by Crippen LogP contribution is 2.43. The van der Waals surface area contributed by atoms with Gasteiger partial charge in [-0.15, -0.1) is 0 Å². The molecule has 2 aromatic rings. The van der Waals surface area contributed by atoms with Gasteiger partial charge in [-0.25, -0.2) is 0 Å². The second kappa shape index (κ2) is 6.96. The molecule has 0 saturated heterocycles. The average molecular weight is 339 g/mol. The van der Waals surface area contributed by atoms with Crippen LogP contribution in [0.25, 0.3) is 0 Å². The maximum Gasteiger partial charge on any atom is 0.430 e. The Bertz CT molecular complexity index is 680. The number of carbonyl (C=O) groups is 1. The summed E-state index contributed by atoms with van der Waals surface area (Å²) in [5.74, 6) is -1.23. The molecular weight excluding hydrogens is 323 g/mol. The molecule has 1 amide bonds. The van der Waals surface area contributed by atoms with Gasteiger partial charge in [0.05, 0.1) is 18.4 Å². The molecule has 0 N–H and O–H groups in total. The van der Waals surface area contributed by atoms with Gasteiger partial charge in [0.1, 0.15) is 0 Å². The number of amides is 1. The lowest BCUT2D eigenvalue weighted by Gasteiger charge is -2.36. The Morgan fingerprint density at radius 1 is 1.21 bits per heavy atom. The van der Waals surface area contributed by atoms with Crippen molar-refractivity contribution in [3.8, 4) is 0 Å². The monoisotopic (exact) mass is 339 g/mol. The van der Waals surface area contributed by atoms with Crippen LogP contribution >= 0.6 is 0 Å². The van der Waals surface area contributed by atoms with Crippen molar-refractivity contribution in [2.45, 2.75) is 18.3 Å². The summed E-state index contributed by atoms with van der Waals surface area (Å²) in [6.45, 7) is -0.124. The molecule has 0 aliphatic carbocycles. The zero-order chi connectivity index (χ0) is 17.8. The van der Waals surface area contributed by atoms with E-state index in [1.165, 1.54) is 49.9 Å². The van der Waals surface area contributed by atoms with Crippen LogP contribution < -0.4 is 0 Å². The number of hydrogen-bond donors (Lipinski definition) is 0. The smallest absolute Gasteiger partial charge is 0.356 e. The third kappa shape index (κ3) is 3.23. The van der Waals surface area contributed by atoms with Crippen molar-refractivity contribution >= 4 is 5.91 Å². The number of hydrogen-bond acceptors (Lipinski definition) is 4. The molecule has 0 bridgehead atoms. The van der Waals surface area contributed by atoms with Crippen molar-refractivity contribution in [3.63, 3.8) is 0 Å². The third-order valence-corrected chi connectivity index (χ3v) is 3.55. The molecule has 1 aromatic carbocycles. The molecule has 1 atom stereocenters. The van der Waals surface area contributed by atoms with Gasteiger partial charge in [0.2, 0.25) is 0 Å². The number of likely N-dealkylation sites (N-methyl/N-ethyl adjacent to an activating group) is 1. The number of ether oxygens (including phenoxy) is 1. The minimum atomic E-state index is -4.93. The maximum absolute atomic E-state index is 13.8. The number of carbonyl (C=O) groups excluding carboxylic acids is 1. The number of nitrogens with zero attached hydrogens (tertiary/aromatic N) is 3. The minimum absolute atomic E-state index is 0.124. The zero-order valence-electron chi connectivity index (χ0n) is 13.1. The summed E-state index contributed by atoms with van der Waals surface area (Å²) in [5, 5.41) is 0. The summed E-state index contributed by atoms with van der Waals surface area (Å²) in [7, 11) is 2.13. The van der Waals surface area contributed by atoms with Gasteiger partial charge in [0, 0.05) is 32.1 Å². The number of halogens is 3. The predicted octanol–water partition coefficient (Wildman–Crippen LogP) is 2.54. The molecule has 0 aliphatic rings. The zero-order valence-corrected chi connectivity index (χ0v) is 13.1. The van der Waals surface area contributed by atoms with Gasteiger partial charge < -0.3 is 9.64 Å². The van der Waals surface area contributed by atoms with Crippen molar-refractivity contribution < 1.29 is 22.7 Å². The van der Waals surface area contributed by atoms with Gasteiger partial charge >= 0.3 is 6.18 Å². The summed E-state index contributed by atoms with van der Waals surface area (Å²) < 4.78 is 46.2. The summed E-state index contributed by atoms with van der Waals surface area (Å²) in [6.07, 6.45) is -0.714. The summed E-state index contributed by atoms with van der Waals surface area (Å²) in [4.78, 5) is 21.4. The second-order valence-corrected chi connectivity index (χ2v) is 5.11. The molecule has 0 fully saturated rings. The van der Waals surface area contributed by atoms with Crippen molar-refractivity contribution in [2.75, 3.05) is 14.2 Å². The van der Waals surface area contributed by atoms with E-state index in [-0.39, 0.29) is 12.1 Å². The molecule has 128 valence electrons. The van der Waals surface area contributed by atoms with Crippen molar-refractivity contribution in [1.82, 2.24) is 14.9 Å². The number of alkyl halides is 3. The lowest BCUT2D eigenvalue weighted by molar-refractivity contribution is -0.270. The molecule has 0 unspecified atom stereocenters. The maximum atomic E-state index is 13.8. The molecular formula is C16H16F3N3O2. The van der Waals surface area contributed by atoms with Crippen molar-refractivity contribution in [2.24, 2.45) is 0 Å². The Labute approximate surface area is 137 Å². The van der Waals surface area contributed by atoms with Crippen LogP contribution in [0, 0.1) is 0 Å². The molecule has 1 heterocycles. The van der Waals surface area contributed by atoms with E-state index in [9.17, 15) is 18.0 Å². The SMILES string of the molecule is CO[C@](C(=O)N(C)Cc1cnccn1)(c1ccccc1)C(F)(F)F. The number of rotatable bonds is 5. The van der Waals surface area contributed by atoms with Crippen LogP contribution in [-0.4, -0.2) is 41.1 Å². The fraction of sp³-hybridized carbons (Fsp3) is 0.312. The van der Waals surface area contributed by atoms with Crippen LogP contribution in [0.3, 0.4) is 0 Å². The van der Waals surface area contributed by atoms with E-state index in [0.717, 1.165) is 12.0 Å². The van der Waals surface area contributed by atoms with Crippen LogP contribution in [0.4, 0.5) is 13.2 Å². The van der Waals surface area contributed by atoms with Crippen LogP contribution in [0.1, 0.15) is 11.3 Å². The van der Waals surface area contributed by atoms with Gasteiger partial charge in [-0.3, -0.25) is 14.8 Å². The molecule has 1 aromatic heterocycles. The van der Waals surface area contributed by atoms with Gasteiger partial charge in [0.15, 0.2) is 0 Å². The number of aromatic nitrogens is 2. The molecule has 0 saturated carbocycles. The van der Waals surface area contributed by atoms with Crippen LogP contribution in [0.2, 0.25) is 0 Å². The Morgan fingerprint density at radius 3 is 2.38 bits per heavy atom. The van der Waals surface area contributed by atoms with E-state index in [2.05, 4.69) is 9.97 Å². The van der Waals surface area contributed by atoms with E-state index in [1.807, 2.05) is 0 Å². The first-order valence-corrected chi connectivity index (χ1v) is 7.00. The highest BCUT2D eigenvalue weighted by atomic mass is 19.4. The molecule has 8 heteroatoms. The summed E-state index contributed by atoms with van der Waals surface area (Å²) in [6, 6.07) is 6.83. The highest BCUT2D eigenvalue weighted by molar-refractivity contribution is 5.87. The normalized spacial score (nSPS) is 14.0. The molecule has 2 rings (SSSR count). The van der Waals surface area contributed by atoms with E-state index in [1.54, 1.807) is 6.07 Å². The lowest BCUT2D eigenvalue weighted by Crippen LogP contribution is -2.55. The lowest BCUT2D eigenvalue weighted by atomic mass is 9.91. The first-order chi connectivity index (χ1) is 11.3. The van der Waals surface area contributed by atoms with E-state index in [0.29, 0.717) is 5.69 Å². The average Bonchev–Trinajstić information content (AvgIpc) is 2.56. The standard InChI is InChI=1S/C16H16F3N3O2/c1-22(11-13-10-20-8-9-21-13)14(23)15(24-2,16(17,18)19)12-6-4-3-5-7-12/h3-10H,11H2,1-2H3/t15-/m0/s1. The highest BCUT2D eigenvalue weighted by Gasteiger charge is 2.63. The Morgan fingerprint density at radius 2 is 1.88 bits per heavy atom. The van der Waals surface area contributed by atoms with Gasteiger partial charge in [0.25, 0.3) is 11.5 Å². The van der Waals surface area contributed by atoms with Crippen molar-refractivity contribution in [3.05, 3.63) is 60.2 Å². The Kier molecular flexibility index (Phi) is 5.18. The van der Waals surface area contributed by atoms with E-state index >= 15 is 0 Å². The first-order valence-electron chi connectivity index (χ1n) is 7.00. The summed E-state index contributed by atoms with van der Waals surface area (Å²) in [5.41, 5.74) is -2.99. The molecule has 5 nitrogen and oxygen atoms in total. The second-order valence-electron chi connectivity index (χ2n) is 5.11. The third-order valence-electron chi connectivity index (χ3n) is 3.55. The fourth-order valence-corrected chi connectivity index (χ4v) is 2.40. The molecule has 0 radical (unpaired) electrons. The van der Waals surface area contributed by atoms with E-state index in [4.69, 9.17) is 4.74 Å². The fourth-order valence-electron chi connectivity index (χ4n) is 2.40. The van der Waals surface area contributed by atoms with Crippen LogP contribution in [0.5, 0.6) is 0 Å². The van der Waals surface area contributed by atoms with Crippen LogP contribution in [0.15, 0.2) is 48.9 Å². The van der Waals surface area contributed by atoms with E-state index < -0.39 is 17.7 Å². The largest absolute Gasteiger partial charge is 0.430 e.